The average Bonchev–Trinajstić information content (AvgIpc) is 3.12. The molecule has 0 aliphatic carbocycles. The van der Waals surface area contributed by atoms with E-state index in [1.807, 2.05) is 17.5 Å². The highest BCUT2D eigenvalue weighted by Gasteiger charge is 2.17. The fourth-order valence-electron chi connectivity index (χ4n) is 1.74. The van der Waals surface area contributed by atoms with E-state index in [4.69, 9.17) is 9.15 Å². The van der Waals surface area contributed by atoms with Gasteiger partial charge in [0.15, 0.2) is 5.76 Å². The highest BCUT2D eigenvalue weighted by atomic mass is 32.1. The Morgan fingerprint density at radius 1 is 1.17 bits per heavy atom. The molecule has 0 aromatic carbocycles. The van der Waals surface area contributed by atoms with E-state index in [0.717, 1.165) is 4.88 Å². The van der Waals surface area contributed by atoms with Crippen LogP contribution in [0.3, 0.4) is 0 Å². The molecule has 2 amide bonds. The number of carbonyl (C=O) groups excluding carboxylic acids is 2. The van der Waals surface area contributed by atoms with Gasteiger partial charge in [0.05, 0.1) is 13.1 Å². The van der Waals surface area contributed by atoms with Crippen molar-refractivity contribution in [1.29, 1.82) is 0 Å². The predicted octanol–water partition coefficient (Wildman–Crippen LogP) is 3.30. The molecule has 2 N–H and O–H groups in total. The summed E-state index contributed by atoms with van der Waals surface area (Å²) in [7, 11) is 0. The standard InChI is InChI=1S/C16H20N2O4S/c1-16(2,3)22-15(20)18-9-11-6-7-13(21-11)14(19)17-10-12-5-4-8-23-12/h4-8H,9-10H2,1-3H3,(H,17,19)(H,18,20). The Balaban J connectivity index is 1.80. The molecule has 0 fully saturated rings. The van der Waals surface area contributed by atoms with Crippen LogP contribution < -0.4 is 10.6 Å². The van der Waals surface area contributed by atoms with E-state index in [9.17, 15) is 9.59 Å². The second-order valence-electron chi connectivity index (χ2n) is 5.88. The van der Waals surface area contributed by atoms with Crippen molar-refractivity contribution in [3.05, 3.63) is 46.0 Å². The maximum Gasteiger partial charge on any atom is 0.408 e. The summed E-state index contributed by atoms with van der Waals surface area (Å²) >= 11 is 1.57. The van der Waals surface area contributed by atoms with Gasteiger partial charge in [-0.2, -0.15) is 0 Å². The van der Waals surface area contributed by atoms with Gasteiger partial charge in [-0.25, -0.2) is 4.79 Å². The van der Waals surface area contributed by atoms with E-state index < -0.39 is 11.7 Å². The SMILES string of the molecule is CC(C)(C)OC(=O)NCc1ccc(C(=O)NCc2cccs2)o1. The van der Waals surface area contributed by atoms with Crippen molar-refractivity contribution in [2.45, 2.75) is 39.5 Å². The number of rotatable bonds is 5. The number of furan rings is 1. The van der Waals surface area contributed by atoms with Gasteiger partial charge in [-0.15, -0.1) is 11.3 Å². The second kappa shape index (κ2) is 7.32. The van der Waals surface area contributed by atoms with Gasteiger partial charge in [-0.05, 0) is 44.4 Å². The fraction of sp³-hybridized carbons (Fsp3) is 0.375. The zero-order chi connectivity index (χ0) is 16.9. The largest absolute Gasteiger partial charge is 0.454 e. The second-order valence-corrected chi connectivity index (χ2v) is 6.92. The van der Waals surface area contributed by atoms with Gasteiger partial charge in [-0.1, -0.05) is 6.07 Å². The number of alkyl carbamates (subject to hydrolysis) is 1. The molecule has 6 nitrogen and oxygen atoms in total. The number of ether oxygens (including phenoxy) is 1. The van der Waals surface area contributed by atoms with Gasteiger partial charge in [0.2, 0.25) is 0 Å². The first-order valence-corrected chi connectivity index (χ1v) is 8.07. The molecule has 0 radical (unpaired) electrons. The van der Waals surface area contributed by atoms with Gasteiger partial charge in [0.25, 0.3) is 5.91 Å². The Bertz CT molecular complexity index is 656. The van der Waals surface area contributed by atoms with Crippen LogP contribution in [0.5, 0.6) is 0 Å². The normalized spacial score (nSPS) is 11.1. The van der Waals surface area contributed by atoms with Crippen molar-refractivity contribution in [2.75, 3.05) is 0 Å². The Morgan fingerprint density at radius 2 is 1.96 bits per heavy atom. The summed E-state index contributed by atoms with van der Waals surface area (Å²) in [6.07, 6.45) is -0.530. The maximum atomic E-state index is 12.0. The number of amides is 2. The smallest absolute Gasteiger partial charge is 0.408 e. The first kappa shape index (κ1) is 17.1. The molecule has 0 saturated carbocycles. The lowest BCUT2D eigenvalue weighted by Crippen LogP contribution is -2.32. The fourth-order valence-corrected chi connectivity index (χ4v) is 2.38. The molecule has 0 aliphatic rings. The summed E-state index contributed by atoms with van der Waals surface area (Å²) in [5, 5.41) is 7.31. The van der Waals surface area contributed by atoms with E-state index in [-0.39, 0.29) is 18.2 Å². The minimum absolute atomic E-state index is 0.160. The molecule has 0 saturated heterocycles. The third-order valence-electron chi connectivity index (χ3n) is 2.69. The third-order valence-corrected chi connectivity index (χ3v) is 3.57. The summed E-state index contributed by atoms with van der Waals surface area (Å²) in [6.45, 7) is 5.98. The molecule has 7 heteroatoms. The number of hydrogen-bond donors (Lipinski definition) is 2. The lowest BCUT2D eigenvalue weighted by Gasteiger charge is -2.19. The molecule has 2 rings (SSSR count). The minimum Gasteiger partial charge on any atom is -0.454 e. The molecule has 2 aromatic heterocycles. The summed E-state index contributed by atoms with van der Waals surface area (Å²) in [4.78, 5) is 24.6. The van der Waals surface area contributed by atoms with Crippen LogP contribution >= 0.6 is 11.3 Å². The van der Waals surface area contributed by atoms with Crippen molar-refractivity contribution in [1.82, 2.24) is 10.6 Å². The summed E-state index contributed by atoms with van der Waals surface area (Å²) < 4.78 is 10.5. The lowest BCUT2D eigenvalue weighted by atomic mass is 10.2. The van der Waals surface area contributed by atoms with Crippen LogP contribution in [0.2, 0.25) is 0 Å². The van der Waals surface area contributed by atoms with Crippen molar-refractivity contribution in [3.8, 4) is 0 Å². The van der Waals surface area contributed by atoms with Crippen LogP contribution in [-0.4, -0.2) is 17.6 Å². The summed E-state index contributed by atoms with van der Waals surface area (Å²) in [5.41, 5.74) is -0.555. The Morgan fingerprint density at radius 3 is 2.61 bits per heavy atom. The van der Waals surface area contributed by atoms with Crippen LogP contribution in [-0.2, 0) is 17.8 Å². The first-order valence-electron chi connectivity index (χ1n) is 7.19. The number of nitrogens with one attached hydrogen (secondary N) is 2. The highest BCUT2D eigenvalue weighted by molar-refractivity contribution is 7.09. The van der Waals surface area contributed by atoms with E-state index >= 15 is 0 Å². The average molecular weight is 336 g/mol. The topological polar surface area (TPSA) is 80.6 Å². The van der Waals surface area contributed by atoms with Gasteiger partial charge >= 0.3 is 6.09 Å². The molecule has 0 aliphatic heterocycles. The molecule has 0 spiro atoms. The highest BCUT2D eigenvalue weighted by Crippen LogP contribution is 2.11. The molecular formula is C16H20N2O4S. The van der Waals surface area contributed by atoms with Crippen molar-refractivity contribution >= 4 is 23.3 Å². The summed E-state index contributed by atoms with van der Waals surface area (Å²) in [5.74, 6) is 0.404. The van der Waals surface area contributed by atoms with E-state index in [1.54, 1.807) is 44.2 Å². The molecule has 0 bridgehead atoms. The monoisotopic (exact) mass is 336 g/mol. The molecule has 2 heterocycles. The van der Waals surface area contributed by atoms with Gasteiger partial charge in [0.1, 0.15) is 11.4 Å². The Labute approximate surface area is 138 Å². The first-order chi connectivity index (χ1) is 10.8. The molecule has 124 valence electrons. The predicted molar refractivity (Wildman–Crippen MR) is 87.3 cm³/mol. The van der Waals surface area contributed by atoms with E-state index in [2.05, 4.69) is 10.6 Å². The molecular weight excluding hydrogens is 316 g/mol. The van der Waals surface area contributed by atoms with Crippen molar-refractivity contribution in [3.63, 3.8) is 0 Å². The summed E-state index contributed by atoms with van der Waals surface area (Å²) in [6, 6.07) is 7.11. The van der Waals surface area contributed by atoms with Crippen LogP contribution in [0.4, 0.5) is 4.79 Å². The Kier molecular flexibility index (Phi) is 5.44. The maximum absolute atomic E-state index is 12.0. The van der Waals surface area contributed by atoms with Crippen LogP contribution in [0.25, 0.3) is 0 Å². The van der Waals surface area contributed by atoms with Crippen LogP contribution in [0.15, 0.2) is 34.1 Å². The van der Waals surface area contributed by atoms with Crippen LogP contribution in [0.1, 0.15) is 42.0 Å². The molecule has 0 atom stereocenters. The number of hydrogen-bond acceptors (Lipinski definition) is 5. The zero-order valence-electron chi connectivity index (χ0n) is 13.3. The van der Waals surface area contributed by atoms with E-state index in [1.165, 1.54) is 0 Å². The number of carbonyl (C=O) groups is 2. The van der Waals surface area contributed by atoms with Gasteiger partial charge < -0.3 is 19.8 Å². The Hall–Kier alpha value is -2.28. The van der Waals surface area contributed by atoms with Crippen molar-refractivity contribution in [2.24, 2.45) is 0 Å². The minimum atomic E-state index is -0.555. The van der Waals surface area contributed by atoms with Gasteiger partial charge in [0, 0.05) is 4.88 Å². The molecule has 2 aromatic rings. The molecule has 23 heavy (non-hydrogen) atoms. The van der Waals surface area contributed by atoms with E-state index in [0.29, 0.717) is 12.3 Å². The zero-order valence-corrected chi connectivity index (χ0v) is 14.2. The van der Waals surface area contributed by atoms with Gasteiger partial charge in [-0.3, -0.25) is 4.79 Å². The van der Waals surface area contributed by atoms with Crippen LogP contribution in [0, 0.1) is 0 Å². The molecule has 0 unspecified atom stereocenters. The number of thiophene rings is 1. The van der Waals surface area contributed by atoms with Crippen molar-refractivity contribution < 1.29 is 18.7 Å². The third kappa shape index (κ3) is 5.78. The quantitative estimate of drug-likeness (QED) is 0.878. The lowest BCUT2D eigenvalue weighted by molar-refractivity contribution is 0.0520.